The van der Waals surface area contributed by atoms with Crippen molar-refractivity contribution < 1.29 is 1.43 Å². The number of rotatable bonds is 1. The van der Waals surface area contributed by atoms with E-state index in [1.165, 1.54) is 53.5 Å². The summed E-state index contributed by atoms with van der Waals surface area (Å²) < 4.78 is 0. The first kappa shape index (κ1) is 17.8. The van der Waals surface area contributed by atoms with Crippen molar-refractivity contribution in [2.75, 3.05) is 0 Å². The molecule has 25 heavy (non-hydrogen) atoms. The molecule has 0 saturated heterocycles. The van der Waals surface area contributed by atoms with Gasteiger partial charge in [0.15, 0.2) is 0 Å². The Labute approximate surface area is 155 Å². The highest BCUT2D eigenvalue weighted by molar-refractivity contribution is 5.53. The van der Waals surface area contributed by atoms with E-state index in [-0.39, 0.29) is 1.43 Å². The number of benzene rings is 2. The van der Waals surface area contributed by atoms with Crippen molar-refractivity contribution in [2.45, 2.75) is 66.2 Å². The summed E-state index contributed by atoms with van der Waals surface area (Å²) in [6.07, 6.45) is 5.43. The minimum absolute atomic E-state index is 0. The summed E-state index contributed by atoms with van der Waals surface area (Å²) >= 11 is 0. The standard InChI is InChI=1S/C25H30.H2/c1-17-6-11-23(12-7-17)24-13-8-22(9-14-24)10-15-25-16-18(2)19(3)20(4)21(25)5;/h8-9,13-14,16-17,23H,6-7,11-12H2,1-5H3;1H. The smallest absolute Gasteiger partial charge is 0.0283 e. The Bertz CT molecular complexity index is 810. The molecule has 0 spiro atoms. The van der Waals surface area contributed by atoms with E-state index >= 15 is 0 Å². The molecule has 2 aromatic rings. The molecule has 0 aliphatic heterocycles. The molecule has 0 unspecified atom stereocenters. The Morgan fingerprint density at radius 2 is 1.44 bits per heavy atom. The highest BCUT2D eigenvalue weighted by Crippen LogP contribution is 2.35. The summed E-state index contributed by atoms with van der Waals surface area (Å²) in [7, 11) is 0. The molecule has 0 nitrogen and oxygen atoms in total. The van der Waals surface area contributed by atoms with E-state index < -0.39 is 0 Å². The molecule has 0 heteroatoms. The van der Waals surface area contributed by atoms with Crippen LogP contribution < -0.4 is 0 Å². The highest BCUT2D eigenvalue weighted by atomic mass is 14.2. The lowest BCUT2D eigenvalue weighted by molar-refractivity contribution is 0.348. The molecule has 1 aliphatic rings. The van der Waals surface area contributed by atoms with Gasteiger partial charge in [-0.1, -0.05) is 43.7 Å². The molecular weight excluding hydrogens is 300 g/mol. The molecular formula is C25H32. The van der Waals surface area contributed by atoms with Crippen LogP contribution in [0.4, 0.5) is 0 Å². The van der Waals surface area contributed by atoms with Gasteiger partial charge in [0, 0.05) is 12.6 Å². The first-order valence-electron chi connectivity index (χ1n) is 9.65. The quantitative estimate of drug-likeness (QED) is 0.500. The number of aryl methyl sites for hydroxylation is 1. The maximum Gasteiger partial charge on any atom is 0.0283 e. The Balaban J connectivity index is 0.00000243. The second kappa shape index (κ2) is 7.49. The SMILES string of the molecule is Cc1cc(C#Cc2ccc(C3CCC(C)CC3)cc2)c(C)c(C)c1C.[HH]. The van der Waals surface area contributed by atoms with Gasteiger partial charge in [-0.2, -0.15) is 0 Å². The number of hydrogen-bond donors (Lipinski definition) is 0. The average molecular weight is 333 g/mol. The maximum absolute atomic E-state index is 3.39. The Kier molecular flexibility index (Phi) is 5.33. The second-order valence-corrected chi connectivity index (χ2v) is 7.94. The summed E-state index contributed by atoms with van der Waals surface area (Å²) in [4.78, 5) is 0. The van der Waals surface area contributed by atoms with Crippen LogP contribution in [0, 0.1) is 45.5 Å². The Morgan fingerprint density at radius 1 is 0.800 bits per heavy atom. The Morgan fingerprint density at radius 3 is 2.08 bits per heavy atom. The first-order chi connectivity index (χ1) is 12.0. The monoisotopic (exact) mass is 332 g/mol. The van der Waals surface area contributed by atoms with Gasteiger partial charge in [0.25, 0.3) is 0 Å². The van der Waals surface area contributed by atoms with Crippen molar-refractivity contribution >= 4 is 0 Å². The summed E-state index contributed by atoms with van der Waals surface area (Å²) in [5.41, 5.74) is 9.16. The molecule has 0 heterocycles. The topological polar surface area (TPSA) is 0 Å². The predicted octanol–water partition coefficient (Wildman–Crippen LogP) is 6.86. The van der Waals surface area contributed by atoms with Crippen LogP contribution in [0.5, 0.6) is 0 Å². The van der Waals surface area contributed by atoms with Gasteiger partial charge >= 0.3 is 0 Å². The molecule has 2 aromatic carbocycles. The fourth-order valence-corrected chi connectivity index (χ4v) is 3.91. The van der Waals surface area contributed by atoms with Gasteiger partial charge in [-0.3, -0.25) is 0 Å². The van der Waals surface area contributed by atoms with Crippen molar-refractivity contribution in [3.05, 3.63) is 69.3 Å². The lowest BCUT2D eigenvalue weighted by Gasteiger charge is -2.26. The third-order valence-electron chi connectivity index (χ3n) is 6.22. The van der Waals surface area contributed by atoms with Crippen LogP contribution in [0.2, 0.25) is 0 Å². The summed E-state index contributed by atoms with van der Waals surface area (Å²) in [5.74, 6) is 8.42. The van der Waals surface area contributed by atoms with E-state index in [0.717, 1.165) is 23.0 Å². The van der Waals surface area contributed by atoms with Crippen molar-refractivity contribution in [1.29, 1.82) is 0 Å². The average Bonchev–Trinajstić information content (AvgIpc) is 2.63. The zero-order valence-electron chi connectivity index (χ0n) is 16.4. The van der Waals surface area contributed by atoms with E-state index in [9.17, 15) is 0 Å². The van der Waals surface area contributed by atoms with Crippen LogP contribution >= 0.6 is 0 Å². The van der Waals surface area contributed by atoms with Gasteiger partial charge in [0.2, 0.25) is 0 Å². The fourth-order valence-electron chi connectivity index (χ4n) is 3.91. The largest absolute Gasteiger partial charge is 0.0625 e. The number of hydrogen-bond acceptors (Lipinski definition) is 0. The molecule has 132 valence electrons. The molecule has 0 aromatic heterocycles. The summed E-state index contributed by atoms with van der Waals surface area (Å²) in [6, 6.07) is 11.2. The predicted molar refractivity (Wildman–Crippen MR) is 110 cm³/mol. The second-order valence-electron chi connectivity index (χ2n) is 7.94. The molecule has 0 radical (unpaired) electrons. The van der Waals surface area contributed by atoms with Crippen molar-refractivity contribution in [3.8, 4) is 11.8 Å². The van der Waals surface area contributed by atoms with Crippen LogP contribution in [-0.4, -0.2) is 0 Å². The van der Waals surface area contributed by atoms with Crippen LogP contribution in [0.3, 0.4) is 0 Å². The van der Waals surface area contributed by atoms with Crippen molar-refractivity contribution in [1.82, 2.24) is 0 Å². The van der Waals surface area contributed by atoms with E-state index in [4.69, 9.17) is 0 Å². The lowest BCUT2D eigenvalue weighted by atomic mass is 9.79. The van der Waals surface area contributed by atoms with E-state index in [0.29, 0.717) is 0 Å². The maximum atomic E-state index is 3.39. The van der Waals surface area contributed by atoms with Crippen LogP contribution in [0.15, 0.2) is 30.3 Å². The highest BCUT2D eigenvalue weighted by Gasteiger charge is 2.19. The minimum atomic E-state index is 0. The van der Waals surface area contributed by atoms with Crippen molar-refractivity contribution in [3.63, 3.8) is 0 Å². The molecule has 0 bridgehead atoms. The lowest BCUT2D eigenvalue weighted by Crippen LogP contribution is -2.10. The normalized spacial score (nSPS) is 20.0. The molecule has 1 saturated carbocycles. The molecule has 3 rings (SSSR count). The molecule has 0 amide bonds. The molecule has 1 aliphatic carbocycles. The summed E-state index contributed by atoms with van der Waals surface area (Å²) in [6.45, 7) is 11.1. The van der Waals surface area contributed by atoms with Gasteiger partial charge in [-0.25, -0.2) is 0 Å². The van der Waals surface area contributed by atoms with Gasteiger partial charge < -0.3 is 0 Å². The van der Waals surface area contributed by atoms with E-state index in [1.807, 2.05) is 0 Å². The minimum Gasteiger partial charge on any atom is -0.0625 e. The Hall–Kier alpha value is -2.00. The van der Waals surface area contributed by atoms with Crippen LogP contribution in [0.1, 0.15) is 78.9 Å². The third-order valence-corrected chi connectivity index (χ3v) is 6.22. The zero-order chi connectivity index (χ0) is 18.0. The first-order valence-corrected chi connectivity index (χ1v) is 9.65. The molecule has 0 N–H and O–H groups in total. The molecule has 1 fully saturated rings. The van der Waals surface area contributed by atoms with Gasteiger partial charge in [-0.15, -0.1) is 0 Å². The van der Waals surface area contributed by atoms with Crippen LogP contribution in [0.25, 0.3) is 0 Å². The van der Waals surface area contributed by atoms with Gasteiger partial charge in [-0.05, 0) is 98.4 Å². The van der Waals surface area contributed by atoms with Gasteiger partial charge in [0.1, 0.15) is 0 Å². The van der Waals surface area contributed by atoms with E-state index in [2.05, 4.69) is 76.8 Å². The van der Waals surface area contributed by atoms with Crippen LogP contribution in [-0.2, 0) is 0 Å². The zero-order valence-corrected chi connectivity index (χ0v) is 16.4. The van der Waals surface area contributed by atoms with E-state index in [1.54, 1.807) is 0 Å². The molecule has 0 atom stereocenters. The summed E-state index contributed by atoms with van der Waals surface area (Å²) in [5, 5.41) is 0. The van der Waals surface area contributed by atoms with Crippen molar-refractivity contribution in [2.24, 2.45) is 5.92 Å². The van der Waals surface area contributed by atoms with Gasteiger partial charge in [0.05, 0.1) is 0 Å². The fraction of sp³-hybridized carbons (Fsp3) is 0.440. The third kappa shape index (κ3) is 3.98.